The molecule has 1 aliphatic carbocycles. The molecule has 0 spiro atoms. The van der Waals surface area contributed by atoms with E-state index in [-0.39, 0.29) is 17.7 Å². The van der Waals surface area contributed by atoms with Crippen molar-refractivity contribution in [3.8, 4) is 0 Å². The van der Waals surface area contributed by atoms with Crippen molar-refractivity contribution in [2.24, 2.45) is 16.6 Å². The summed E-state index contributed by atoms with van der Waals surface area (Å²) in [6.45, 7) is 4.05. The molecule has 188 valence electrons. The lowest BCUT2D eigenvalue weighted by Gasteiger charge is -2.24. The average molecular weight is 518 g/mol. The predicted octanol–water partition coefficient (Wildman–Crippen LogP) is -1.63. The number of guanidine groups is 1. The number of benzene rings is 1. The van der Waals surface area contributed by atoms with Crippen molar-refractivity contribution in [3.05, 3.63) is 64.2 Å². The minimum Gasteiger partial charge on any atom is -0.748 e. The maximum atomic E-state index is 13.7. The van der Waals surface area contributed by atoms with Gasteiger partial charge in [-0.25, -0.2) is 26.2 Å². The summed E-state index contributed by atoms with van der Waals surface area (Å²) in [5, 5.41) is 7.03. The molecule has 34 heavy (non-hydrogen) atoms. The molecule has 0 radical (unpaired) electrons. The maximum absolute atomic E-state index is 13.7. The van der Waals surface area contributed by atoms with Crippen LogP contribution >= 0.6 is 0 Å². The molecular formula is C20H28FN5O6S2. The molecule has 1 atom stereocenters. The molecule has 1 aliphatic rings. The van der Waals surface area contributed by atoms with Gasteiger partial charge >= 0.3 is 5.96 Å². The van der Waals surface area contributed by atoms with Crippen LogP contribution in [0, 0.1) is 19.7 Å². The SMILES string of the molecule is CS(=O)(=O)[O-].CS(=O)(=O)[O-].Cc1ccc(F)cc1[C@H]1C/C(=N\[NH+]=C(N)N)c2c(C)cc[nH+]c2C1. The summed E-state index contributed by atoms with van der Waals surface area (Å²) in [5.74, 6) is -0.0257. The van der Waals surface area contributed by atoms with E-state index in [1.807, 2.05) is 32.2 Å². The number of aryl methyl sites for hydroxylation is 2. The van der Waals surface area contributed by atoms with Gasteiger partial charge in [-0.3, -0.25) is 11.5 Å². The fraction of sp³-hybridized carbons (Fsp3) is 0.350. The van der Waals surface area contributed by atoms with Crippen molar-refractivity contribution >= 4 is 31.9 Å². The molecule has 1 aromatic heterocycles. The molecule has 0 fully saturated rings. The van der Waals surface area contributed by atoms with Crippen LogP contribution < -0.4 is 21.6 Å². The van der Waals surface area contributed by atoms with E-state index in [1.54, 1.807) is 6.07 Å². The zero-order chi connectivity index (χ0) is 26.3. The number of H-pyrrole nitrogens is 1. The van der Waals surface area contributed by atoms with E-state index >= 15 is 0 Å². The third kappa shape index (κ3) is 11.3. The van der Waals surface area contributed by atoms with Crippen LogP contribution in [0.15, 0.2) is 35.6 Å². The number of pyridine rings is 1. The van der Waals surface area contributed by atoms with Gasteiger partial charge in [0.05, 0.1) is 31.5 Å². The monoisotopic (exact) mass is 517 g/mol. The number of nitrogens with one attached hydrogen (secondary N) is 2. The van der Waals surface area contributed by atoms with Gasteiger partial charge in [0.2, 0.25) is 0 Å². The summed E-state index contributed by atoms with van der Waals surface area (Å²) in [4.78, 5) is 3.31. The van der Waals surface area contributed by atoms with Crippen LogP contribution in [0.1, 0.15) is 40.3 Å². The first-order valence-corrected chi connectivity index (χ1v) is 13.4. The third-order valence-corrected chi connectivity index (χ3v) is 4.47. The number of fused-ring (bicyclic) bond motifs is 1. The quantitative estimate of drug-likeness (QED) is 0.182. The Hall–Kier alpha value is -2.94. The van der Waals surface area contributed by atoms with Crippen LogP contribution in [0.2, 0.25) is 0 Å². The molecular weight excluding hydrogens is 489 g/mol. The Bertz CT molecular complexity index is 1240. The van der Waals surface area contributed by atoms with Crippen LogP contribution in [0.4, 0.5) is 4.39 Å². The topological polar surface area (TPSA) is 207 Å². The zero-order valence-corrected chi connectivity index (χ0v) is 20.8. The summed E-state index contributed by atoms with van der Waals surface area (Å²) in [7, 11) is -7.83. The molecule has 0 saturated heterocycles. The Morgan fingerprint density at radius 3 is 2.15 bits per heavy atom. The lowest BCUT2D eigenvalue weighted by atomic mass is 9.79. The van der Waals surface area contributed by atoms with Crippen molar-refractivity contribution in [1.29, 1.82) is 0 Å². The number of nitrogens with zero attached hydrogens (tertiary/aromatic N) is 1. The van der Waals surface area contributed by atoms with E-state index in [9.17, 15) is 4.39 Å². The van der Waals surface area contributed by atoms with Crippen molar-refractivity contribution in [1.82, 2.24) is 0 Å². The third-order valence-electron chi connectivity index (χ3n) is 4.47. The summed E-state index contributed by atoms with van der Waals surface area (Å²) in [6, 6.07) is 6.94. The predicted molar refractivity (Wildman–Crippen MR) is 122 cm³/mol. The average Bonchev–Trinajstić information content (AvgIpc) is 2.65. The Labute approximate surface area is 198 Å². The second-order valence-corrected chi connectivity index (χ2v) is 10.5. The summed E-state index contributed by atoms with van der Waals surface area (Å²) in [6.07, 6.45) is 4.63. The van der Waals surface area contributed by atoms with Crippen molar-refractivity contribution in [3.63, 3.8) is 0 Å². The van der Waals surface area contributed by atoms with Gasteiger partial charge in [0, 0.05) is 31.4 Å². The second-order valence-electron chi connectivity index (χ2n) is 7.65. The molecule has 1 aromatic carbocycles. The highest BCUT2D eigenvalue weighted by atomic mass is 32.2. The van der Waals surface area contributed by atoms with Gasteiger partial charge in [-0.1, -0.05) is 6.07 Å². The highest BCUT2D eigenvalue weighted by Crippen LogP contribution is 2.34. The number of aromatic nitrogens is 1. The number of nitrogens with two attached hydrogens (primary N) is 2. The second kappa shape index (κ2) is 12.0. The van der Waals surface area contributed by atoms with Gasteiger partial charge in [-0.2, -0.15) is 5.10 Å². The van der Waals surface area contributed by atoms with E-state index in [0.717, 1.165) is 40.1 Å². The van der Waals surface area contributed by atoms with Crippen LogP contribution in [0.5, 0.6) is 0 Å². The molecule has 2 aromatic rings. The highest BCUT2D eigenvalue weighted by molar-refractivity contribution is 7.85. The Balaban J connectivity index is 0.000000489. The first-order chi connectivity index (χ1) is 15.5. The normalized spacial score (nSPS) is 16.3. The Kier molecular flexibility index (Phi) is 10.2. The molecule has 0 saturated carbocycles. The standard InChI is InChI=1S/C18H20FN5.2CH4O3S/c1-10-3-4-13(19)9-14(10)12-7-15-17(11(2)5-6-22-15)16(8-12)23-24-18(20)21;2*1-5(2,3)4/h3-6,9,12H,7-8H2,1-2H3,(H4,20,21,24);2*1H3,(H,2,3,4)/b23-16+;;/t12-;;/m1../s1. The van der Waals surface area contributed by atoms with Crippen molar-refractivity contribution in [2.45, 2.75) is 32.6 Å². The number of rotatable bonds is 2. The highest BCUT2D eigenvalue weighted by Gasteiger charge is 2.31. The van der Waals surface area contributed by atoms with Gasteiger partial charge in [0.15, 0.2) is 11.9 Å². The summed E-state index contributed by atoms with van der Waals surface area (Å²) in [5.41, 5.74) is 17.2. The minimum atomic E-state index is -3.92. The number of hydrogen-bond donors (Lipinski definition) is 3. The molecule has 1 heterocycles. The number of aromatic amines is 1. The first-order valence-electron chi connectivity index (χ1n) is 9.74. The van der Waals surface area contributed by atoms with Crippen LogP contribution in [-0.4, -0.2) is 50.1 Å². The maximum Gasteiger partial charge on any atom is 0.362 e. The van der Waals surface area contributed by atoms with E-state index < -0.39 is 20.2 Å². The minimum absolute atomic E-state index is 0.0469. The Morgan fingerprint density at radius 1 is 1.06 bits per heavy atom. The van der Waals surface area contributed by atoms with Gasteiger partial charge in [-0.15, -0.1) is 5.10 Å². The van der Waals surface area contributed by atoms with E-state index in [4.69, 9.17) is 37.4 Å². The number of halogens is 1. The number of hydrazone groups is 1. The zero-order valence-electron chi connectivity index (χ0n) is 19.1. The lowest BCUT2D eigenvalue weighted by Crippen LogP contribution is -2.73. The number of hydrogen-bond acceptors (Lipinski definition) is 7. The lowest BCUT2D eigenvalue weighted by molar-refractivity contribution is -0.464. The van der Waals surface area contributed by atoms with Crippen LogP contribution in [-0.2, 0) is 26.7 Å². The molecule has 0 aliphatic heterocycles. The van der Waals surface area contributed by atoms with Crippen molar-refractivity contribution < 1.29 is 40.4 Å². The fourth-order valence-electron chi connectivity index (χ4n) is 3.38. The molecule has 0 amide bonds. The fourth-order valence-corrected chi connectivity index (χ4v) is 3.38. The van der Waals surface area contributed by atoms with E-state index in [0.29, 0.717) is 18.9 Å². The Morgan fingerprint density at radius 2 is 1.62 bits per heavy atom. The molecule has 0 unspecified atom stereocenters. The molecule has 6 N–H and O–H groups in total. The van der Waals surface area contributed by atoms with Crippen LogP contribution in [0.3, 0.4) is 0 Å². The van der Waals surface area contributed by atoms with E-state index in [2.05, 4.69) is 15.2 Å². The van der Waals surface area contributed by atoms with Gasteiger partial charge in [0.25, 0.3) is 0 Å². The molecule has 3 rings (SSSR count). The van der Waals surface area contributed by atoms with E-state index in [1.165, 1.54) is 6.07 Å². The van der Waals surface area contributed by atoms with Gasteiger partial charge < -0.3 is 9.11 Å². The first kappa shape index (κ1) is 29.1. The van der Waals surface area contributed by atoms with Crippen LogP contribution in [0.25, 0.3) is 0 Å². The molecule has 0 bridgehead atoms. The van der Waals surface area contributed by atoms with Gasteiger partial charge in [0.1, 0.15) is 5.82 Å². The van der Waals surface area contributed by atoms with Crippen molar-refractivity contribution in [2.75, 3.05) is 12.5 Å². The molecule has 11 nitrogen and oxygen atoms in total. The smallest absolute Gasteiger partial charge is 0.362 e. The molecule has 14 heteroatoms. The summed E-state index contributed by atoms with van der Waals surface area (Å²) >= 11 is 0. The summed E-state index contributed by atoms with van der Waals surface area (Å²) < 4.78 is 68.2. The van der Waals surface area contributed by atoms with Gasteiger partial charge in [-0.05, 0) is 48.6 Å². The largest absolute Gasteiger partial charge is 0.748 e.